The van der Waals surface area contributed by atoms with E-state index >= 15 is 0 Å². The number of hydrogen-bond donors (Lipinski definition) is 1. The van der Waals surface area contributed by atoms with Crippen LogP contribution >= 0.6 is 11.8 Å². The van der Waals surface area contributed by atoms with Gasteiger partial charge in [0.1, 0.15) is 0 Å². The molecule has 3 aromatic rings. The Balaban J connectivity index is 1.69. The van der Waals surface area contributed by atoms with Crippen molar-refractivity contribution in [1.29, 1.82) is 0 Å². The van der Waals surface area contributed by atoms with E-state index in [0.29, 0.717) is 0 Å². The molecule has 0 unspecified atom stereocenters. The molecule has 1 aromatic heterocycles. The van der Waals surface area contributed by atoms with Crippen LogP contribution < -0.4 is 5.32 Å². The van der Waals surface area contributed by atoms with Gasteiger partial charge < -0.3 is 5.32 Å². The largest absolute Gasteiger partial charge is 0.325 e. The van der Waals surface area contributed by atoms with E-state index in [1.807, 2.05) is 61.5 Å². The highest BCUT2D eigenvalue weighted by Gasteiger charge is 2.15. The first kappa shape index (κ1) is 14.6. The van der Waals surface area contributed by atoms with Gasteiger partial charge in [-0.25, -0.2) is 4.98 Å². The molecule has 110 valence electrons. The number of fused-ring (bicyclic) bond motifs is 1. The van der Waals surface area contributed by atoms with Gasteiger partial charge in [0.25, 0.3) is 0 Å². The maximum absolute atomic E-state index is 12.3. The third-order valence-electron chi connectivity index (χ3n) is 3.32. The van der Waals surface area contributed by atoms with E-state index in [-0.39, 0.29) is 11.2 Å². The SMILES string of the molecule is C[C@@H](Sc1ccccn1)C(=O)Nc1ccc2ccccc2c1. The minimum atomic E-state index is -0.207. The topological polar surface area (TPSA) is 42.0 Å². The number of benzene rings is 2. The summed E-state index contributed by atoms with van der Waals surface area (Å²) in [5.41, 5.74) is 0.817. The lowest BCUT2D eigenvalue weighted by molar-refractivity contribution is -0.115. The second-order valence-corrected chi connectivity index (χ2v) is 6.34. The molecule has 0 saturated heterocycles. The van der Waals surface area contributed by atoms with Crippen molar-refractivity contribution < 1.29 is 4.79 Å². The molecule has 0 aliphatic carbocycles. The molecule has 22 heavy (non-hydrogen) atoms. The first-order valence-electron chi connectivity index (χ1n) is 7.10. The van der Waals surface area contributed by atoms with Gasteiger partial charge in [0.15, 0.2) is 0 Å². The Hall–Kier alpha value is -2.33. The molecular weight excluding hydrogens is 292 g/mol. The lowest BCUT2D eigenvalue weighted by Crippen LogP contribution is -2.22. The number of pyridine rings is 1. The second-order valence-electron chi connectivity index (χ2n) is 4.98. The van der Waals surface area contributed by atoms with Crippen LogP contribution in [0.2, 0.25) is 0 Å². The minimum absolute atomic E-state index is 0.0223. The molecule has 0 fully saturated rings. The van der Waals surface area contributed by atoms with E-state index in [1.165, 1.54) is 11.8 Å². The summed E-state index contributed by atoms with van der Waals surface area (Å²) in [7, 11) is 0. The van der Waals surface area contributed by atoms with Crippen molar-refractivity contribution in [2.75, 3.05) is 5.32 Å². The molecule has 1 heterocycles. The lowest BCUT2D eigenvalue weighted by atomic mass is 10.1. The molecule has 0 radical (unpaired) electrons. The molecule has 2 aromatic carbocycles. The highest BCUT2D eigenvalue weighted by molar-refractivity contribution is 8.00. The van der Waals surface area contributed by atoms with Crippen LogP contribution in [0.5, 0.6) is 0 Å². The summed E-state index contributed by atoms with van der Waals surface area (Å²) in [4.78, 5) is 16.5. The number of nitrogens with zero attached hydrogens (tertiary/aromatic N) is 1. The summed E-state index contributed by atoms with van der Waals surface area (Å²) >= 11 is 1.45. The zero-order chi connectivity index (χ0) is 15.4. The summed E-state index contributed by atoms with van der Waals surface area (Å²) in [6, 6.07) is 19.7. The highest BCUT2D eigenvalue weighted by Crippen LogP contribution is 2.23. The summed E-state index contributed by atoms with van der Waals surface area (Å²) in [5.74, 6) is -0.0223. The Bertz CT molecular complexity index is 789. The van der Waals surface area contributed by atoms with Crippen molar-refractivity contribution >= 4 is 34.1 Å². The normalized spacial score (nSPS) is 12.0. The summed E-state index contributed by atoms with van der Waals surface area (Å²) in [6.45, 7) is 1.88. The molecule has 0 saturated carbocycles. The van der Waals surface area contributed by atoms with Crippen LogP contribution in [0.4, 0.5) is 5.69 Å². The van der Waals surface area contributed by atoms with E-state index in [1.54, 1.807) is 6.20 Å². The number of carbonyl (C=O) groups is 1. The number of thioether (sulfide) groups is 1. The van der Waals surface area contributed by atoms with Gasteiger partial charge in [0.2, 0.25) is 5.91 Å². The van der Waals surface area contributed by atoms with Crippen LogP contribution in [-0.4, -0.2) is 16.1 Å². The van der Waals surface area contributed by atoms with Gasteiger partial charge in [0, 0.05) is 11.9 Å². The number of carbonyl (C=O) groups excluding carboxylic acids is 1. The lowest BCUT2D eigenvalue weighted by Gasteiger charge is -2.12. The quantitative estimate of drug-likeness (QED) is 0.728. The molecule has 1 atom stereocenters. The predicted octanol–water partition coefficient (Wildman–Crippen LogP) is 4.35. The van der Waals surface area contributed by atoms with Gasteiger partial charge in [-0.1, -0.05) is 48.2 Å². The zero-order valence-corrected chi connectivity index (χ0v) is 13.0. The van der Waals surface area contributed by atoms with Gasteiger partial charge in [0.05, 0.1) is 10.3 Å². The van der Waals surface area contributed by atoms with Crippen molar-refractivity contribution in [3.63, 3.8) is 0 Å². The summed E-state index contributed by atoms with van der Waals surface area (Å²) in [5, 5.41) is 5.89. The Morgan fingerprint density at radius 2 is 1.82 bits per heavy atom. The monoisotopic (exact) mass is 308 g/mol. The minimum Gasteiger partial charge on any atom is -0.325 e. The van der Waals surface area contributed by atoms with Crippen LogP contribution in [0.3, 0.4) is 0 Å². The van der Waals surface area contributed by atoms with Gasteiger partial charge in [-0.15, -0.1) is 0 Å². The third-order valence-corrected chi connectivity index (χ3v) is 4.37. The van der Waals surface area contributed by atoms with Crippen molar-refractivity contribution in [3.8, 4) is 0 Å². The number of rotatable bonds is 4. The van der Waals surface area contributed by atoms with Gasteiger partial charge >= 0.3 is 0 Å². The summed E-state index contributed by atoms with van der Waals surface area (Å²) in [6.07, 6.45) is 1.73. The van der Waals surface area contributed by atoms with Crippen LogP contribution in [0.1, 0.15) is 6.92 Å². The Kier molecular flexibility index (Phi) is 4.39. The maximum atomic E-state index is 12.3. The molecule has 0 aliphatic rings. The highest BCUT2D eigenvalue weighted by atomic mass is 32.2. The van der Waals surface area contributed by atoms with E-state index in [4.69, 9.17) is 0 Å². The average Bonchev–Trinajstić information content (AvgIpc) is 2.55. The van der Waals surface area contributed by atoms with Gasteiger partial charge in [-0.2, -0.15) is 0 Å². The first-order valence-corrected chi connectivity index (χ1v) is 7.98. The number of anilines is 1. The second kappa shape index (κ2) is 6.62. The number of nitrogens with one attached hydrogen (secondary N) is 1. The fourth-order valence-corrected chi connectivity index (χ4v) is 2.97. The van der Waals surface area contributed by atoms with Crippen molar-refractivity contribution in [2.24, 2.45) is 0 Å². The molecule has 1 N–H and O–H groups in total. The standard InChI is InChI=1S/C18H16N2OS/c1-13(22-17-8-4-5-11-19-17)18(21)20-16-10-9-14-6-2-3-7-15(14)12-16/h2-13H,1H3,(H,20,21)/t13-/m1/s1. The number of aromatic nitrogens is 1. The average molecular weight is 308 g/mol. The van der Waals surface area contributed by atoms with Crippen LogP contribution in [0.25, 0.3) is 10.8 Å². The molecule has 0 bridgehead atoms. The van der Waals surface area contributed by atoms with Gasteiger partial charge in [-0.05, 0) is 42.0 Å². The first-order chi connectivity index (χ1) is 10.7. The van der Waals surface area contributed by atoms with E-state index < -0.39 is 0 Å². The molecule has 3 rings (SSSR count). The third kappa shape index (κ3) is 3.46. The maximum Gasteiger partial charge on any atom is 0.237 e. The Labute approximate surface area is 133 Å². The molecule has 0 aliphatic heterocycles. The van der Waals surface area contributed by atoms with E-state index in [9.17, 15) is 4.79 Å². The fourth-order valence-electron chi connectivity index (χ4n) is 2.16. The van der Waals surface area contributed by atoms with E-state index in [2.05, 4.69) is 16.4 Å². The van der Waals surface area contributed by atoms with Crippen LogP contribution in [-0.2, 0) is 4.79 Å². The molecule has 4 heteroatoms. The fraction of sp³-hybridized carbons (Fsp3) is 0.111. The molecular formula is C18H16N2OS. The zero-order valence-electron chi connectivity index (χ0n) is 12.2. The molecule has 0 spiro atoms. The van der Waals surface area contributed by atoms with Crippen LogP contribution in [0.15, 0.2) is 71.9 Å². The Morgan fingerprint density at radius 1 is 1.05 bits per heavy atom. The summed E-state index contributed by atoms with van der Waals surface area (Å²) < 4.78 is 0. The molecule has 3 nitrogen and oxygen atoms in total. The smallest absolute Gasteiger partial charge is 0.237 e. The predicted molar refractivity (Wildman–Crippen MR) is 92.1 cm³/mol. The van der Waals surface area contributed by atoms with Crippen molar-refractivity contribution in [1.82, 2.24) is 4.98 Å². The van der Waals surface area contributed by atoms with Gasteiger partial charge in [-0.3, -0.25) is 4.79 Å². The Morgan fingerprint density at radius 3 is 2.59 bits per heavy atom. The van der Waals surface area contributed by atoms with Crippen molar-refractivity contribution in [3.05, 3.63) is 66.9 Å². The van der Waals surface area contributed by atoms with Crippen molar-refractivity contribution in [2.45, 2.75) is 17.2 Å². The number of hydrogen-bond acceptors (Lipinski definition) is 3. The molecule has 1 amide bonds. The van der Waals surface area contributed by atoms with Crippen LogP contribution in [0, 0.1) is 0 Å². The number of amides is 1. The van der Waals surface area contributed by atoms with E-state index in [0.717, 1.165) is 21.5 Å².